The van der Waals surface area contributed by atoms with Crippen LogP contribution in [0.15, 0.2) is 51.7 Å². The van der Waals surface area contributed by atoms with Crippen LogP contribution in [0, 0.1) is 11.3 Å². The zero-order chi connectivity index (χ0) is 32.1. The number of nitrogens with one attached hydrogen (secondary N) is 1. The van der Waals surface area contributed by atoms with Crippen molar-refractivity contribution in [3.8, 4) is 28.8 Å². The Morgan fingerprint density at radius 3 is 2.48 bits per heavy atom. The Balaban J connectivity index is 1.59. The maximum absolute atomic E-state index is 13.7. The molecule has 3 heterocycles. The molecule has 4 aromatic rings. The molecular formula is C29H23F4N5O6. The lowest BCUT2D eigenvalue weighted by molar-refractivity contribution is -0.286. The van der Waals surface area contributed by atoms with Gasteiger partial charge in [0, 0.05) is 41.5 Å². The van der Waals surface area contributed by atoms with Crippen LogP contribution in [-0.2, 0) is 11.3 Å². The zero-order valence-corrected chi connectivity index (χ0v) is 23.6. The maximum Gasteiger partial charge on any atom is 0.586 e. The number of likely N-dealkylation sites (N-methyl/N-ethyl adjacent to an activating group) is 1. The quantitative estimate of drug-likeness (QED) is 0.301. The van der Waals surface area contributed by atoms with Crippen molar-refractivity contribution in [2.24, 2.45) is 0 Å². The molecule has 2 aromatic heterocycles. The first-order chi connectivity index (χ1) is 20.5. The van der Waals surface area contributed by atoms with E-state index in [1.54, 1.807) is 26.8 Å². The van der Waals surface area contributed by atoms with Crippen LogP contribution in [0.4, 0.5) is 23.2 Å². The fourth-order valence-corrected chi connectivity index (χ4v) is 4.39. The van der Waals surface area contributed by atoms with E-state index < -0.39 is 47.7 Å². The number of nitrogens with zero attached hydrogens (tertiary/aromatic N) is 4. The Hall–Kier alpha value is -5.39. The molecule has 0 aliphatic carbocycles. The average molecular weight is 614 g/mol. The molecule has 11 nitrogen and oxygen atoms in total. The summed E-state index contributed by atoms with van der Waals surface area (Å²) in [5.74, 6) is -2.23. The van der Waals surface area contributed by atoms with Crippen molar-refractivity contribution in [1.29, 1.82) is 5.26 Å². The van der Waals surface area contributed by atoms with E-state index in [1.807, 2.05) is 0 Å². The first-order valence-electron chi connectivity index (χ1n) is 12.9. The molecular weight excluding hydrogens is 590 g/mol. The molecule has 228 valence electrons. The summed E-state index contributed by atoms with van der Waals surface area (Å²) in [7, 11) is 1.32. The molecule has 0 saturated heterocycles. The van der Waals surface area contributed by atoms with Crippen LogP contribution in [0.1, 0.15) is 48.9 Å². The highest BCUT2D eigenvalue weighted by Gasteiger charge is 2.43. The van der Waals surface area contributed by atoms with E-state index >= 15 is 0 Å². The van der Waals surface area contributed by atoms with E-state index in [-0.39, 0.29) is 50.7 Å². The molecule has 44 heavy (non-hydrogen) atoms. The topological polar surface area (TPSA) is 140 Å². The summed E-state index contributed by atoms with van der Waals surface area (Å²) in [5.41, 5.74) is -2.48. The van der Waals surface area contributed by atoms with Crippen LogP contribution in [-0.4, -0.2) is 40.5 Å². The Morgan fingerprint density at radius 2 is 1.82 bits per heavy atom. The highest BCUT2D eigenvalue weighted by atomic mass is 19.3. The van der Waals surface area contributed by atoms with Gasteiger partial charge in [0.05, 0.1) is 17.0 Å². The van der Waals surface area contributed by atoms with Gasteiger partial charge in [-0.05, 0) is 51.1 Å². The smallest absolute Gasteiger partial charge is 0.448 e. The number of nitriles is 1. The average Bonchev–Trinajstić information content (AvgIpc) is 3.52. The van der Waals surface area contributed by atoms with E-state index in [1.165, 1.54) is 25.2 Å². The van der Waals surface area contributed by atoms with Crippen LogP contribution >= 0.6 is 0 Å². The number of rotatable bonds is 6. The number of hydrogen-bond acceptors (Lipinski definition) is 8. The summed E-state index contributed by atoms with van der Waals surface area (Å²) in [4.78, 5) is 40.7. The second kappa shape index (κ2) is 10.7. The lowest BCUT2D eigenvalue weighted by atomic mass is 10.0. The molecule has 0 atom stereocenters. The fourth-order valence-electron chi connectivity index (χ4n) is 4.39. The van der Waals surface area contributed by atoms with E-state index in [0.717, 1.165) is 33.8 Å². The molecule has 0 bridgehead atoms. The molecule has 0 radical (unpaired) electrons. The molecule has 1 aliphatic heterocycles. The van der Waals surface area contributed by atoms with E-state index in [9.17, 15) is 37.2 Å². The standard InChI is InChI=1S/C29H23F4N5O6/c1-28(2,3)35-26(40)21-11-18-24(42-21)23(15-7-14(12-34)8-16(9-15)25(30)31)36-38(27(18)41)13-22(39)37(4)17-5-6-19-20(10-17)44-29(32,33)43-19/h5-11,25H,13H2,1-4H3,(H,35,40). The summed E-state index contributed by atoms with van der Waals surface area (Å²) >= 11 is 0. The molecule has 1 aliphatic rings. The van der Waals surface area contributed by atoms with Crippen molar-refractivity contribution >= 4 is 28.5 Å². The number of halogens is 4. The van der Waals surface area contributed by atoms with Gasteiger partial charge in [-0.2, -0.15) is 10.4 Å². The highest BCUT2D eigenvalue weighted by Crippen LogP contribution is 2.42. The van der Waals surface area contributed by atoms with Gasteiger partial charge in [0.2, 0.25) is 5.91 Å². The van der Waals surface area contributed by atoms with Gasteiger partial charge in [0.25, 0.3) is 17.9 Å². The van der Waals surface area contributed by atoms with Gasteiger partial charge in [-0.25, -0.2) is 13.5 Å². The molecule has 15 heteroatoms. The van der Waals surface area contributed by atoms with Gasteiger partial charge >= 0.3 is 6.29 Å². The van der Waals surface area contributed by atoms with Crippen LogP contribution in [0.2, 0.25) is 0 Å². The van der Waals surface area contributed by atoms with Crippen LogP contribution in [0.3, 0.4) is 0 Å². The molecule has 0 unspecified atom stereocenters. The molecule has 2 aromatic carbocycles. The fraction of sp³-hybridized carbons (Fsp3) is 0.276. The second-order valence-electron chi connectivity index (χ2n) is 10.9. The van der Waals surface area contributed by atoms with Gasteiger partial charge in [-0.3, -0.25) is 14.4 Å². The predicted octanol–water partition coefficient (Wildman–Crippen LogP) is 4.98. The minimum absolute atomic E-state index is 0.0345. The lowest BCUT2D eigenvalue weighted by Crippen LogP contribution is -2.40. The predicted molar refractivity (Wildman–Crippen MR) is 147 cm³/mol. The van der Waals surface area contributed by atoms with Gasteiger partial charge in [0.15, 0.2) is 22.8 Å². The van der Waals surface area contributed by atoms with Crippen LogP contribution < -0.4 is 25.2 Å². The SMILES string of the molecule is CN(C(=O)Cn1nc(-c2cc(C#N)cc(C(F)F)c2)c2oc(C(=O)NC(C)(C)C)cc2c1=O)c1ccc2c(c1)OC(F)(F)O2. The number of alkyl halides is 4. The van der Waals surface area contributed by atoms with Gasteiger partial charge in [-0.1, -0.05) is 0 Å². The van der Waals surface area contributed by atoms with Crippen molar-refractivity contribution in [3.05, 3.63) is 69.7 Å². The van der Waals surface area contributed by atoms with Crippen molar-refractivity contribution in [2.75, 3.05) is 11.9 Å². The normalized spacial score (nSPS) is 13.6. The summed E-state index contributed by atoms with van der Waals surface area (Å²) in [6.07, 6.45) is -6.82. The van der Waals surface area contributed by atoms with E-state index in [0.29, 0.717) is 0 Å². The number of ether oxygens (including phenoxy) is 2. The maximum atomic E-state index is 13.7. The summed E-state index contributed by atoms with van der Waals surface area (Å²) in [6.45, 7) is 4.47. The van der Waals surface area contributed by atoms with Gasteiger partial charge in [0.1, 0.15) is 12.2 Å². The molecule has 0 saturated carbocycles. The molecule has 5 rings (SSSR count). The molecule has 0 fully saturated rings. The number of carbonyl (C=O) groups excluding carboxylic acids is 2. The number of benzene rings is 2. The number of aromatic nitrogens is 2. The minimum atomic E-state index is -3.87. The Morgan fingerprint density at radius 1 is 1.11 bits per heavy atom. The van der Waals surface area contributed by atoms with Crippen molar-refractivity contribution in [2.45, 2.75) is 45.6 Å². The largest absolute Gasteiger partial charge is 0.586 e. The van der Waals surface area contributed by atoms with E-state index in [2.05, 4.69) is 19.9 Å². The van der Waals surface area contributed by atoms with Gasteiger partial charge in [-0.15, -0.1) is 8.78 Å². The zero-order valence-electron chi connectivity index (χ0n) is 23.6. The minimum Gasteiger partial charge on any atom is -0.448 e. The summed E-state index contributed by atoms with van der Waals surface area (Å²) in [5, 5.41) is 16.2. The number of hydrogen-bond donors (Lipinski definition) is 1. The first kappa shape index (κ1) is 30.1. The Bertz CT molecular complexity index is 1920. The van der Waals surface area contributed by atoms with Crippen molar-refractivity contribution < 1.29 is 41.0 Å². The monoisotopic (exact) mass is 613 g/mol. The third-order valence-electron chi connectivity index (χ3n) is 6.39. The summed E-state index contributed by atoms with van der Waals surface area (Å²) < 4.78 is 69.5. The number of carbonyl (C=O) groups is 2. The lowest BCUT2D eigenvalue weighted by Gasteiger charge is -2.19. The number of fused-ring (bicyclic) bond motifs is 2. The molecule has 1 N–H and O–H groups in total. The number of furan rings is 1. The second-order valence-corrected chi connectivity index (χ2v) is 10.9. The molecule has 2 amide bonds. The van der Waals surface area contributed by atoms with Gasteiger partial charge < -0.3 is 24.1 Å². The van der Waals surface area contributed by atoms with Crippen LogP contribution in [0.5, 0.6) is 11.5 Å². The number of anilines is 1. The highest BCUT2D eigenvalue weighted by molar-refractivity contribution is 5.99. The third kappa shape index (κ3) is 5.91. The van der Waals surface area contributed by atoms with Crippen LogP contribution in [0.25, 0.3) is 22.2 Å². The third-order valence-corrected chi connectivity index (χ3v) is 6.39. The summed E-state index contributed by atoms with van der Waals surface area (Å²) in [6, 6.07) is 9.88. The first-order valence-corrected chi connectivity index (χ1v) is 12.9. The number of amides is 2. The Kier molecular flexibility index (Phi) is 7.32. The Labute approximate surface area is 246 Å². The van der Waals surface area contributed by atoms with Crippen molar-refractivity contribution in [1.82, 2.24) is 15.1 Å². The van der Waals surface area contributed by atoms with Crippen molar-refractivity contribution in [3.63, 3.8) is 0 Å². The van der Waals surface area contributed by atoms with E-state index in [4.69, 9.17) is 4.42 Å². The molecule has 0 spiro atoms.